The Hall–Kier alpha value is -2.82. The van der Waals surface area contributed by atoms with Crippen molar-refractivity contribution in [2.24, 2.45) is 0 Å². The molecule has 0 aliphatic heterocycles. The first-order valence-corrected chi connectivity index (χ1v) is 9.42. The largest absolute Gasteiger partial charge is 0.348 e. The van der Waals surface area contributed by atoms with Crippen LogP contribution < -0.4 is 10.6 Å². The number of hydrogen-bond acceptors (Lipinski definition) is 2. The standard InChI is InChI=1S/C22H18Cl2N2O2/c23-19-8-2-6-17(11-19)21(27)25-13-15-4-1-5-16(10-15)14-26-22(28)18-7-3-9-20(24)12-18/h1-12H,13-14H2,(H,25,27)(H,26,28). The molecule has 0 saturated carbocycles. The van der Waals surface area contributed by atoms with Crippen molar-refractivity contribution >= 4 is 35.0 Å². The van der Waals surface area contributed by atoms with Gasteiger partial charge >= 0.3 is 0 Å². The van der Waals surface area contributed by atoms with E-state index in [-0.39, 0.29) is 11.8 Å². The maximum Gasteiger partial charge on any atom is 0.251 e. The van der Waals surface area contributed by atoms with Crippen molar-refractivity contribution in [3.05, 3.63) is 105 Å². The van der Waals surface area contributed by atoms with Crippen LogP contribution in [-0.2, 0) is 13.1 Å². The fourth-order valence-corrected chi connectivity index (χ4v) is 3.06. The van der Waals surface area contributed by atoms with Crippen LogP contribution in [0.1, 0.15) is 31.8 Å². The molecule has 3 rings (SSSR count). The molecule has 0 aliphatic carbocycles. The van der Waals surface area contributed by atoms with Crippen molar-refractivity contribution in [2.75, 3.05) is 0 Å². The second-order valence-corrected chi connectivity index (χ2v) is 7.08. The maximum atomic E-state index is 12.2. The van der Waals surface area contributed by atoms with Gasteiger partial charge in [-0.25, -0.2) is 0 Å². The van der Waals surface area contributed by atoms with Crippen LogP contribution in [0.5, 0.6) is 0 Å². The molecular weight excluding hydrogens is 395 g/mol. The monoisotopic (exact) mass is 412 g/mol. The molecule has 142 valence electrons. The first kappa shape index (κ1) is 19.9. The molecule has 4 nitrogen and oxygen atoms in total. The fourth-order valence-electron chi connectivity index (χ4n) is 2.68. The predicted molar refractivity (Wildman–Crippen MR) is 112 cm³/mol. The molecular formula is C22H18Cl2N2O2. The van der Waals surface area contributed by atoms with Gasteiger partial charge in [-0.1, -0.05) is 59.6 Å². The van der Waals surface area contributed by atoms with Crippen molar-refractivity contribution in [1.82, 2.24) is 10.6 Å². The molecule has 6 heteroatoms. The highest BCUT2D eigenvalue weighted by atomic mass is 35.5. The van der Waals surface area contributed by atoms with Crippen LogP contribution in [0, 0.1) is 0 Å². The number of halogens is 2. The summed E-state index contributed by atoms with van der Waals surface area (Å²) >= 11 is 11.8. The Morgan fingerprint density at radius 1 is 0.643 bits per heavy atom. The molecule has 3 aromatic carbocycles. The summed E-state index contributed by atoms with van der Waals surface area (Å²) < 4.78 is 0. The van der Waals surface area contributed by atoms with Gasteiger partial charge in [-0.3, -0.25) is 9.59 Å². The highest BCUT2D eigenvalue weighted by molar-refractivity contribution is 6.31. The Labute approximate surface area is 173 Å². The Balaban J connectivity index is 1.56. The highest BCUT2D eigenvalue weighted by Gasteiger charge is 2.08. The third-order valence-corrected chi connectivity index (χ3v) is 4.54. The van der Waals surface area contributed by atoms with E-state index in [4.69, 9.17) is 23.2 Å². The van der Waals surface area contributed by atoms with Crippen LogP contribution in [0.15, 0.2) is 72.8 Å². The predicted octanol–water partition coefficient (Wildman–Crippen LogP) is 4.85. The van der Waals surface area contributed by atoms with E-state index in [0.717, 1.165) is 11.1 Å². The Morgan fingerprint density at radius 2 is 1.07 bits per heavy atom. The average molecular weight is 413 g/mol. The van der Waals surface area contributed by atoms with Gasteiger partial charge < -0.3 is 10.6 Å². The van der Waals surface area contributed by atoms with Gasteiger partial charge in [-0.05, 0) is 47.5 Å². The van der Waals surface area contributed by atoms with Gasteiger partial charge in [0.2, 0.25) is 0 Å². The van der Waals surface area contributed by atoms with Crippen molar-refractivity contribution in [2.45, 2.75) is 13.1 Å². The van der Waals surface area contributed by atoms with Gasteiger partial charge in [-0.15, -0.1) is 0 Å². The summed E-state index contributed by atoms with van der Waals surface area (Å²) in [6.07, 6.45) is 0. The third kappa shape index (κ3) is 5.59. The normalized spacial score (nSPS) is 10.4. The van der Waals surface area contributed by atoms with Gasteiger partial charge in [0.25, 0.3) is 11.8 Å². The zero-order valence-corrected chi connectivity index (χ0v) is 16.4. The van der Waals surface area contributed by atoms with Crippen LogP contribution in [0.3, 0.4) is 0 Å². The van der Waals surface area contributed by atoms with Gasteiger partial charge in [0.15, 0.2) is 0 Å². The minimum atomic E-state index is -0.192. The van der Waals surface area contributed by atoms with Crippen LogP contribution in [-0.4, -0.2) is 11.8 Å². The number of carbonyl (C=O) groups excluding carboxylic acids is 2. The number of rotatable bonds is 6. The maximum absolute atomic E-state index is 12.2. The summed E-state index contributed by atoms with van der Waals surface area (Å²) in [5.41, 5.74) is 2.89. The zero-order chi connectivity index (χ0) is 19.9. The van der Waals surface area contributed by atoms with E-state index >= 15 is 0 Å². The molecule has 2 N–H and O–H groups in total. The third-order valence-electron chi connectivity index (χ3n) is 4.07. The van der Waals surface area contributed by atoms with Crippen LogP contribution in [0.25, 0.3) is 0 Å². The lowest BCUT2D eigenvalue weighted by Gasteiger charge is -2.09. The quantitative estimate of drug-likeness (QED) is 0.607. The van der Waals surface area contributed by atoms with E-state index in [1.165, 1.54) is 0 Å². The minimum absolute atomic E-state index is 0.192. The van der Waals surface area contributed by atoms with Crippen molar-refractivity contribution in [3.8, 4) is 0 Å². The SMILES string of the molecule is O=C(NCc1cccc(CNC(=O)c2cccc(Cl)c2)c1)c1cccc(Cl)c1. The molecule has 0 unspecified atom stereocenters. The Kier molecular flexibility index (Phi) is 6.69. The summed E-state index contributed by atoms with van der Waals surface area (Å²) in [4.78, 5) is 24.4. The highest BCUT2D eigenvalue weighted by Crippen LogP contribution is 2.12. The molecule has 0 aromatic heterocycles. The van der Waals surface area contributed by atoms with Crippen molar-refractivity contribution in [3.63, 3.8) is 0 Å². The summed E-state index contributed by atoms with van der Waals surface area (Å²) in [5, 5.41) is 6.77. The number of hydrogen-bond donors (Lipinski definition) is 2. The van der Waals surface area contributed by atoms with Gasteiger partial charge in [0.1, 0.15) is 0 Å². The number of amides is 2. The summed E-state index contributed by atoms with van der Waals surface area (Å²) in [7, 11) is 0. The molecule has 0 fully saturated rings. The fraction of sp³-hybridized carbons (Fsp3) is 0.0909. The number of benzene rings is 3. The molecule has 3 aromatic rings. The average Bonchev–Trinajstić information content (AvgIpc) is 2.70. The molecule has 0 radical (unpaired) electrons. The Bertz CT molecular complexity index is 928. The van der Waals surface area contributed by atoms with Gasteiger partial charge in [0.05, 0.1) is 0 Å². The van der Waals surface area contributed by atoms with E-state index in [9.17, 15) is 9.59 Å². The lowest BCUT2D eigenvalue weighted by atomic mass is 10.1. The zero-order valence-electron chi connectivity index (χ0n) is 14.9. The minimum Gasteiger partial charge on any atom is -0.348 e. The van der Waals surface area contributed by atoms with Gasteiger partial charge in [0, 0.05) is 34.3 Å². The molecule has 0 aliphatic rings. The van der Waals surface area contributed by atoms with Gasteiger partial charge in [-0.2, -0.15) is 0 Å². The Morgan fingerprint density at radius 3 is 1.50 bits per heavy atom. The summed E-state index contributed by atoms with van der Waals surface area (Å²) in [6, 6.07) is 21.3. The topological polar surface area (TPSA) is 58.2 Å². The van der Waals surface area contributed by atoms with E-state index in [1.54, 1.807) is 48.5 Å². The molecule has 0 spiro atoms. The molecule has 0 atom stereocenters. The molecule has 28 heavy (non-hydrogen) atoms. The summed E-state index contributed by atoms with van der Waals surface area (Å²) in [6.45, 7) is 0.753. The van der Waals surface area contributed by atoms with Crippen LogP contribution in [0.2, 0.25) is 10.0 Å². The van der Waals surface area contributed by atoms with E-state index in [2.05, 4.69) is 10.6 Å². The second kappa shape index (κ2) is 9.40. The first-order chi connectivity index (χ1) is 13.5. The van der Waals surface area contributed by atoms with Crippen molar-refractivity contribution < 1.29 is 9.59 Å². The van der Waals surface area contributed by atoms with Crippen LogP contribution >= 0.6 is 23.2 Å². The van der Waals surface area contributed by atoms with Crippen molar-refractivity contribution in [1.29, 1.82) is 0 Å². The van der Waals surface area contributed by atoms with E-state index in [0.29, 0.717) is 34.3 Å². The van der Waals surface area contributed by atoms with Crippen LogP contribution in [0.4, 0.5) is 0 Å². The van der Waals surface area contributed by atoms with E-state index < -0.39 is 0 Å². The number of nitrogens with one attached hydrogen (secondary N) is 2. The summed E-state index contributed by atoms with van der Waals surface area (Å²) in [5.74, 6) is -0.385. The lowest BCUT2D eigenvalue weighted by Crippen LogP contribution is -2.24. The smallest absolute Gasteiger partial charge is 0.251 e. The molecule has 0 saturated heterocycles. The second-order valence-electron chi connectivity index (χ2n) is 6.21. The van der Waals surface area contributed by atoms with E-state index in [1.807, 2.05) is 24.3 Å². The lowest BCUT2D eigenvalue weighted by molar-refractivity contribution is 0.0943. The molecule has 0 heterocycles. The molecule has 0 bridgehead atoms. The number of carbonyl (C=O) groups is 2. The first-order valence-electron chi connectivity index (χ1n) is 8.66. The molecule has 2 amide bonds.